The predicted octanol–water partition coefficient (Wildman–Crippen LogP) is 4.25. The molecule has 2 aliphatic rings. The van der Waals surface area contributed by atoms with Crippen molar-refractivity contribution < 1.29 is 46.3 Å². The van der Waals surface area contributed by atoms with Crippen LogP contribution in [0.25, 0.3) is 16.8 Å². The van der Waals surface area contributed by atoms with Gasteiger partial charge in [0.15, 0.2) is 0 Å². The number of likely N-dealkylation sites (tertiary alicyclic amines) is 1. The molecule has 5 atom stereocenters. The molecule has 232 valence electrons. The Hall–Kier alpha value is -3.78. The molecule has 0 saturated carbocycles. The molecule has 0 spiro atoms. The zero-order valence-corrected chi connectivity index (χ0v) is 24.7. The number of methoxy groups -OCH3 is 1. The highest BCUT2D eigenvalue weighted by Gasteiger charge is 2.52. The van der Waals surface area contributed by atoms with Crippen LogP contribution in [0.4, 0.5) is 13.2 Å². The van der Waals surface area contributed by atoms with E-state index in [1.54, 1.807) is 32.2 Å². The number of hydrogen-bond acceptors (Lipinski definition) is 7. The number of ether oxygens (including phenoxy) is 2. The van der Waals surface area contributed by atoms with Crippen LogP contribution in [-0.4, -0.2) is 79.2 Å². The molecular weight excluding hydrogens is 591 g/mol. The summed E-state index contributed by atoms with van der Waals surface area (Å²) >= 11 is 0. The third-order valence-corrected chi connectivity index (χ3v) is 8.98. The van der Waals surface area contributed by atoms with E-state index in [2.05, 4.69) is 14.7 Å². The number of nitrogens with one attached hydrogen (secondary N) is 1. The number of rotatable bonds is 9. The quantitative estimate of drug-likeness (QED) is 0.312. The van der Waals surface area contributed by atoms with E-state index in [4.69, 9.17) is 4.74 Å². The maximum atomic E-state index is 13.5. The van der Waals surface area contributed by atoms with Crippen LogP contribution >= 0.6 is 0 Å². The van der Waals surface area contributed by atoms with Crippen molar-refractivity contribution in [3.8, 4) is 11.3 Å². The number of carbonyl (C=O) groups is 3. The maximum absolute atomic E-state index is 13.5. The number of amides is 1. The van der Waals surface area contributed by atoms with Crippen molar-refractivity contribution >= 4 is 34.2 Å². The van der Waals surface area contributed by atoms with Gasteiger partial charge in [-0.3, -0.25) is 18.5 Å². The summed E-state index contributed by atoms with van der Waals surface area (Å²) < 4.78 is 61.1. The van der Waals surface area contributed by atoms with Crippen molar-refractivity contribution in [1.29, 1.82) is 0 Å². The van der Waals surface area contributed by atoms with Gasteiger partial charge in [0, 0.05) is 35.6 Å². The van der Waals surface area contributed by atoms with Gasteiger partial charge in [0.25, 0.3) is 0 Å². The number of carbonyl (C=O) groups excluding carboxylic acids is 2. The minimum absolute atomic E-state index is 0.152. The Bertz CT molecular complexity index is 1470. The first-order chi connectivity index (χ1) is 20.2. The maximum Gasteiger partial charge on any atom is 0.523 e. The molecule has 14 heteroatoms. The third kappa shape index (κ3) is 6.59. The van der Waals surface area contributed by atoms with Crippen LogP contribution in [0.15, 0.2) is 48.7 Å². The third-order valence-electron chi connectivity index (χ3n) is 7.70. The van der Waals surface area contributed by atoms with Crippen LogP contribution in [0.3, 0.4) is 0 Å². The number of benzene rings is 1. The fourth-order valence-electron chi connectivity index (χ4n) is 5.50. The molecule has 10 nitrogen and oxygen atoms in total. The minimum Gasteiger partial charge on any atom is -0.479 e. The number of halogens is 3. The molecule has 2 unspecified atom stereocenters. The van der Waals surface area contributed by atoms with E-state index in [-0.39, 0.29) is 28.8 Å². The summed E-state index contributed by atoms with van der Waals surface area (Å²) in [5, 5.41) is 9.42. The number of hydrogen-bond donors (Lipinski definition) is 2. The number of H-pyrrole nitrogens is 1. The molecule has 4 rings (SSSR count). The highest BCUT2D eigenvalue weighted by Crippen LogP contribution is 2.42. The molecule has 1 aromatic carbocycles. The van der Waals surface area contributed by atoms with Crippen LogP contribution < -0.4 is 0 Å². The smallest absolute Gasteiger partial charge is 0.479 e. The highest BCUT2D eigenvalue weighted by atomic mass is 32.2. The summed E-state index contributed by atoms with van der Waals surface area (Å²) in [6.07, 6.45) is 1.81. The molecule has 1 aliphatic carbocycles. The standard InChI is InChI=1S/C29H32F3N3O7S/c1-16(2)23(26(37)41-3)25(36)35-15-19(43(4)40)13-22(35)24-33-14-21(34-24)18-10-8-17(9-11-18)20-7-5-6-12-28(20,27(38)39)42-29(30,31)32/h5-11,14,16,19,22-23H,12-13,15H2,1-4H3,(H,33,34)(H,38,39)/t19-,22-,23-,28?,43?/m0/s1. The molecule has 1 fully saturated rings. The topological polar surface area (TPSA) is 139 Å². The Morgan fingerprint density at radius 3 is 2.40 bits per heavy atom. The fraction of sp³-hybridized carbons (Fsp3) is 0.448. The van der Waals surface area contributed by atoms with Crippen LogP contribution in [0.2, 0.25) is 0 Å². The summed E-state index contributed by atoms with van der Waals surface area (Å²) in [7, 11) is -0.0290. The fourth-order valence-corrected chi connectivity index (χ4v) is 6.32. The molecule has 2 heterocycles. The molecule has 2 aromatic rings. The summed E-state index contributed by atoms with van der Waals surface area (Å²) in [4.78, 5) is 47.2. The average Bonchev–Trinajstić information content (AvgIpc) is 3.60. The molecule has 1 aliphatic heterocycles. The van der Waals surface area contributed by atoms with Gasteiger partial charge in [-0.1, -0.05) is 56.3 Å². The van der Waals surface area contributed by atoms with Gasteiger partial charge in [-0.05, 0) is 23.5 Å². The number of esters is 1. The lowest BCUT2D eigenvalue weighted by atomic mass is 9.82. The highest BCUT2D eigenvalue weighted by molar-refractivity contribution is 7.84. The summed E-state index contributed by atoms with van der Waals surface area (Å²) in [6.45, 7) is 3.65. The first-order valence-corrected chi connectivity index (χ1v) is 15.0. The van der Waals surface area contributed by atoms with E-state index in [0.717, 1.165) is 0 Å². The lowest BCUT2D eigenvalue weighted by Gasteiger charge is -2.33. The van der Waals surface area contributed by atoms with Gasteiger partial charge in [-0.25, -0.2) is 9.78 Å². The Kier molecular flexibility index (Phi) is 9.30. The molecule has 2 N–H and O–H groups in total. The molecule has 1 amide bonds. The number of carboxylic acid groups (broad SMARTS) is 1. The molecule has 43 heavy (non-hydrogen) atoms. The minimum atomic E-state index is -5.18. The largest absolute Gasteiger partial charge is 0.523 e. The Labute approximate surface area is 248 Å². The van der Waals surface area contributed by atoms with Crippen LogP contribution in [-0.2, 0) is 34.7 Å². The van der Waals surface area contributed by atoms with Crippen LogP contribution in [0.1, 0.15) is 44.1 Å². The molecule has 1 aromatic heterocycles. The summed E-state index contributed by atoms with van der Waals surface area (Å²) in [5.41, 5.74) is -1.45. The second-order valence-electron chi connectivity index (χ2n) is 10.8. The predicted molar refractivity (Wildman–Crippen MR) is 151 cm³/mol. The van der Waals surface area contributed by atoms with Gasteiger partial charge in [0.05, 0.1) is 30.3 Å². The number of nitrogens with zero attached hydrogens (tertiary/aromatic N) is 2. The van der Waals surface area contributed by atoms with Crippen molar-refractivity contribution in [3.63, 3.8) is 0 Å². The van der Waals surface area contributed by atoms with E-state index >= 15 is 0 Å². The second kappa shape index (κ2) is 12.4. The lowest BCUT2D eigenvalue weighted by Crippen LogP contribution is -2.47. The molecular formula is C29H32F3N3O7S. The number of alkyl halides is 3. The van der Waals surface area contributed by atoms with Crippen LogP contribution in [0, 0.1) is 11.8 Å². The first-order valence-electron chi connectivity index (χ1n) is 13.4. The number of aliphatic carboxylic acids is 1. The second-order valence-corrected chi connectivity index (χ2v) is 12.4. The lowest BCUT2D eigenvalue weighted by molar-refractivity contribution is -0.352. The van der Waals surface area contributed by atoms with E-state index < -0.39 is 59.0 Å². The summed E-state index contributed by atoms with van der Waals surface area (Å²) in [6, 6.07) is 5.58. The van der Waals surface area contributed by atoms with Gasteiger partial charge in [-0.15, -0.1) is 13.2 Å². The molecule has 0 radical (unpaired) electrons. The zero-order valence-electron chi connectivity index (χ0n) is 23.9. The van der Waals surface area contributed by atoms with Crippen molar-refractivity contribution in [1.82, 2.24) is 14.9 Å². The normalized spacial score (nSPS) is 23.6. The van der Waals surface area contributed by atoms with Crippen molar-refractivity contribution in [3.05, 3.63) is 60.1 Å². The van der Waals surface area contributed by atoms with E-state index in [1.165, 1.54) is 48.6 Å². The van der Waals surface area contributed by atoms with Crippen molar-refractivity contribution in [2.75, 3.05) is 19.9 Å². The van der Waals surface area contributed by atoms with Gasteiger partial charge >= 0.3 is 18.3 Å². The van der Waals surface area contributed by atoms with E-state index in [1.807, 2.05) is 0 Å². The molecule has 1 saturated heterocycles. The van der Waals surface area contributed by atoms with E-state index in [0.29, 0.717) is 23.5 Å². The van der Waals surface area contributed by atoms with Crippen molar-refractivity contribution in [2.45, 2.75) is 49.9 Å². The van der Waals surface area contributed by atoms with Gasteiger partial charge < -0.3 is 19.7 Å². The first kappa shape index (κ1) is 32.1. The summed E-state index contributed by atoms with van der Waals surface area (Å²) in [5.74, 6) is -3.83. The number of carboxylic acids is 1. The average molecular weight is 624 g/mol. The van der Waals surface area contributed by atoms with Crippen molar-refractivity contribution in [2.24, 2.45) is 11.8 Å². The SMILES string of the molecule is COC(=O)[C@H](C(=O)N1C[C@@H](S(C)=O)C[C@H]1c1ncc(-c2ccc(C3=CC=CCC3(OC(F)(F)F)C(=O)O)cc2)[nH]1)C(C)C. The van der Waals surface area contributed by atoms with Gasteiger partial charge in [0.2, 0.25) is 11.5 Å². The Morgan fingerprint density at radius 1 is 1.19 bits per heavy atom. The van der Waals surface area contributed by atoms with Crippen LogP contribution in [0.5, 0.6) is 0 Å². The monoisotopic (exact) mass is 623 g/mol. The number of imidazole rings is 1. The van der Waals surface area contributed by atoms with Gasteiger partial charge in [-0.2, -0.15) is 0 Å². The van der Waals surface area contributed by atoms with Gasteiger partial charge in [0.1, 0.15) is 11.7 Å². The Balaban J connectivity index is 1.63. The number of allylic oxidation sites excluding steroid dienone is 2. The Morgan fingerprint density at radius 2 is 1.84 bits per heavy atom. The number of aromatic amines is 1. The van der Waals surface area contributed by atoms with E-state index in [9.17, 15) is 36.9 Å². The number of aromatic nitrogens is 2. The zero-order chi connectivity index (χ0) is 31.7. The molecule has 0 bridgehead atoms.